The van der Waals surface area contributed by atoms with Crippen molar-refractivity contribution in [3.05, 3.63) is 18.2 Å². The quantitative estimate of drug-likeness (QED) is 0.0295. The van der Waals surface area contributed by atoms with Crippen molar-refractivity contribution in [2.45, 2.75) is 141 Å². The van der Waals surface area contributed by atoms with Gasteiger partial charge in [-0.1, -0.05) is 34.1 Å². The highest BCUT2D eigenvalue weighted by Gasteiger charge is 2.36. The summed E-state index contributed by atoms with van der Waals surface area (Å²) in [5, 5.41) is 38.9. The number of aliphatic carboxylic acids is 2. The summed E-state index contributed by atoms with van der Waals surface area (Å²) in [4.78, 5) is 150. The predicted octanol–water partition coefficient (Wildman–Crippen LogP) is -3.78. The summed E-state index contributed by atoms with van der Waals surface area (Å²) in [5.74, 6) is -11.6. The maximum absolute atomic E-state index is 14.1. The topological polar surface area (TPSA) is 431 Å². The first-order valence-electron chi connectivity index (χ1n) is 22.5. The third-order valence-electron chi connectivity index (χ3n) is 10.5. The van der Waals surface area contributed by atoms with Gasteiger partial charge in [0.05, 0.1) is 31.8 Å². The molecule has 0 spiro atoms. The molecular weight excluding hydrogens is 927 g/mol. The molecule has 1 rings (SSSR count). The number of amides is 9. The van der Waals surface area contributed by atoms with E-state index in [9.17, 15) is 63.0 Å². The van der Waals surface area contributed by atoms with Crippen LogP contribution in [-0.4, -0.2) is 159 Å². The number of aromatic nitrogens is 2. The van der Waals surface area contributed by atoms with E-state index < -0.39 is 139 Å². The number of H-pyrrole nitrogens is 1. The standard InChI is InChI=1S/C42H71N13O13S/c1-7-22(4)34(41(66)54-27(14-21(2)3)37(62)51-26(42(67)68)11-13-69-6)55-36(61)25(10-8-9-12-43)50-40(65)30(17-33(58)59)53-39(64)29(16-31(45)56)52-38(63)28(15-24-18-46-20-48-24)49-32(57)19-47-35(60)23(5)44/h18,20-23,25-30,34H,7-17,19,43-44H2,1-6H3,(H2,45,56)(H,46,48)(H,47,60)(H,49,57)(H,50,65)(H,51,62)(H,52,63)(H,53,64)(H,54,66)(H,55,61)(H,58,59)(H,67,68)/t22-,23-,25-,26-,27-,28-,29-,30-,34-/m0/s1. The number of aromatic amines is 1. The molecule has 1 aromatic heterocycles. The number of unbranched alkanes of at least 4 members (excludes halogenated alkanes) is 1. The number of rotatable bonds is 34. The summed E-state index contributed by atoms with van der Waals surface area (Å²) in [7, 11) is 0. The Morgan fingerprint density at radius 1 is 0.696 bits per heavy atom. The van der Waals surface area contributed by atoms with Crippen LogP contribution in [-0.2, 0) is 59.2 Å². The third-order valence-corrected chi connectivity index (χ3v) is 11.1. The lowest BCUT2D eigenvalue weighted by Crippen LogP contribution is -2.61. The first kappa shape index (κ1) is 60.7. The van der Waals surface area contributed by atoms with E-state index in [0.717, 1.165) is 0 Å². The summed E-state index contributed by atoms with van der Waals surface area (Å²) in [5.41, 5.74) is 16.9. The fourth-order valence-corrected chi connectivity index (χ4v) is 6.93. The molecule has 0 aliphatic carbocycles. The van der Waals surface area contributed by atoms with Crippen molar-refractivity contribution >= 4 is 76.9 Å². The van der Waals surface area contributed by atoms with E-state index in [1.807, 2.05) is 0 Å². The van der Waals surface area contributed by atoms with E-state index in [1.165, 1.54) is 31.2 Å². The largest absolute Gasteiger partial charge is 0.481 e. The summed E-state index contributed by atoms with van der Waals surface area (Å²) in [6.45, 7) is 7.98. The van der Waals surface area contributed by atoms with Gasteiger partial charge in [-0.15, -0.1) is 0 Å². The van der Waals surface area contributed by atoms with Gasteiger partial charge < -0.3 is 74.9 Å². The number of primary amides is 1. The molecule has 9 atom stereocenters. The van der Waals surface area contributed by atoms with Crippen molar-refractivity contribution in [1.29, 1.82) is 0 Å². The van der Waals surface area contributed by atoms with Crippen LogP contribution in [0.25, 0.3) is 0 Å². The van der Waals surface area contributed by atoms with Crippen molar-refractivity contribution in [2.75, 3.05) is 25.1 Å². The van der Waals surface area contributed by atoms with Crippen LogP contribution in [0.2, 0.25) is 0 Å². The van der Waals surface area contributed by atoms with E-state index in [4.69, 9.17) is 17.2 Å². The zero-order chi connectivity index (χ0) is 52.4. The molecule has 1 aromatic rings. The maximum atomic E-state index is 14.1. The summed E-state index contributed by atoms with van der Waals surface area (Å²) in [6.07, 6.45) is 3.39. The molecule has 26 nitrogen and oxygen atoms in total. The van der Waals surface area contributed by atoms with Gasteiger partial charge in [-0.25, -0.2) is 9.78 Å². The molecule has 27 heteroatoms. The van der Waals surface area contributed by atoms with Gasteiger partial charge >= 0.3 is 11.9 Å². The van der Waals surface area contributed by atoms with E-state index >= 15 is 0 Å². The highest BCUT2D eigenvalue weighted by Crippen LogP contribution is 2.14. The number of nitrogens with zero attached hydrogens (tertiary/aromatic N) is 1. The minimum Gasteiger partial charge on any atom is -0.481 e. The lowest BCUT2D eigenvalue weighted by Gasteiger charge is -2.30. The Bertz CT molecular complexity index is 1900. The van der Waals surface area contributed by atoms with E-state index in [2.05, 4.69) is 52.5 Å². The smallest absolute Gasteiger partial charge is 0.326 e. The maximum Gasteiger partial charge on any atom is 0.326 e. The summed E-state index contributed by atoms with van der Waals surface area (Å²) < 4.78 is 0. The number of carbonyl (C=O) groups is 11. The molecule has 1 heterocycles. The van der Waals surface area contributed by atoms with Crippen molar-refractivity contribution in [3.63, 3.8) is 0 Å². The lowest BCUT2D eigenvalue weighted by atomic mass is 9.96. The van der Waals surface area contributed by atoms with Crippen molar-refractivity contribution in [2.24, 2.45) is 29.0 Å². The van der Waals surface area contributed by atoms with Gasteiger partial charge in [-0.05, 0) is 69.4 Å². The second kappa shape index (κ2) is 31.6. The zero-order valence-electron chi connectivity index (χ0n) is 39.9. The van der Waals surface area contributed by atoms with Crippen LogP contribution < -0.4 is 59.7 Å². The highest BCUT2D eigenvalue weighted by molar-refractivity contribution is 7.98. The average Bonchev–Trinajstić information content (AvgIpc) is 3.79. The minimum absolute atomic E-state index is 0.0823. The molecule has 69 heavy (non-hydrogen) atoms. The lowest BCUT2D eigenvalue weighted by molar-refractivity contribution is -0.143. The number of imidazole rings is 1. The molecule has 9 amide bonds. The molecule has 0 saturated heterocycles. The van der Waals surface area contributed by atoms with E-state index in [0.29, 0.717) is 24.3 Å². The molecule has 0 aliphatic heterocycles. The second-order valence-electron chi connectivity index (χ2n) is 16.9. The number of thioether (sulfide) groups is 1. The fourth-order valence-electron chi connectivity index (χ4n) is 6.46. The Hall–Kier alpha value is -6.35. The molecule has 388 valence electrons. The molecular formula is C42H71N13O13S. The van der Waals surface area contributed by atoms with Crippen molar-refractivity contribution in [1.82, 2.24) is 52.5 Å². The van der Waals surface area contributed by atoms with Crippen molar-refractivity contribution < 1.29 is 63.0 Å². The Morgan fingerprint density at radius 3 is 1.75 bits per heavy atom. The van der Waals surface area contributed by atoms with E-state index in [-0.39, 0.29) is 44.6 Å². The number of hydrogen-bond donors (Lipinski definition) is 14. The van der Waals surface area contributed by atoms with Crippen LogP contribution >= 0.6 is 11.8 Å². The molecule has 0 fully saturated rings. The summed E-state index contributed by atoms with van der Waals surface area (Å²) in [6, 6.07) is -11.4. The Morgan fingerprint density at radius 2 is 1.25 bits per heavy atom. The number of nitrogens with one attached hydrogen (secondary N) is 9. The van der Waals surface area contributed by atoms with Crippen molar-refractivity contribution in [3.8, 4) is 0 Å². The first-order valence-corrected chi connectivity index (χ1v) is 23.9. The highest BCUT2D eigenvalue weighted by atomic mass is 32.2. The number of carboxylic acids is 2. The molecule has 0 unspecified atom stereocenters. The third kappa shape index (κ3) is 23.5. The van der Waals surface area contributed by atoms with Gasteiger partial charge in [-0.3, -0.25) is 47.9 Å². The van der Waals surface area contributed by atoms with Crippen LogP contribution in [0.1, 0.15) is 91.7 Å². The molecule has 0 radical (unpaired) electrons. The second-order valence-corrected chi connectivity index (χ2v) is 17.9. The SMILES string of the molecule is CC[C@H](C)[C@H](NC(=O)[C@H](CCCCN)NC(=O)[C@H](CC(=O)O)NC(=O)[C@H](CC(N)=O)NC(=O)[C@H](Cc1cnc[nH]1)NC(=O)CNC(=O)[C@H](C)N)C(=O)N[C@@H](CC(C)C)C(=O)N[C@@H](CCSC)C(=O)O. The van der Waals surface area contributed by atoms with Crippen LogP contribution in [0.4, 0.5) is 0 Å². The summed E-state index contributed by atoms with van der Waals surface area (Å²) >= 11 is 1.39. The van der Waals surface area contributed by atoms with Gasteiger partial charge in [0, 0.05) is 18.3 Å². The van der Waals surface area contributed by atoms with Gasteiger partial charge in [0.25, 0.3) is 0 Å². The monoisotopic (exact) mass is 998 g/mol. The first-order chi connectivity index (χ1) is 32.4. The molecule has 0 aromatic carbocycles. The fraction of sp³-hybridized carbons (Fsp3) is 0.667. The number of carbonyl (C=O) groups excluding carboxylic acids is 9. The number of carboxylic acid groups (broad SMARTS) is 2. The van der Waals surface area contributed by atoms with Gasteiger partial charge in [-0.2, -0.15) is 11.8 Å². The Kier molecular flexibility index (Phi) is 27.8. The van der Waals surface area contributed by atoms with Crippen LogP contribution in [0, 0.1) is 11.8 Å². The minimum atomic E-state index is -1.93. The average molecular weight is 998 g/mol. The number of nitrogens with two attached hydrogens (primary N) is 3. The predicted molar refractivity (Wildman–Crippen MR) is 251 cm³/mol. The van der Waals surface area contributed by atoms with Crippen LogP contribution in [0.15, 0.2) is 12.5 Å². The van der Waals surface area contributed by atoms with Crippen LogP contribution in [0.5, 0.6) is 0 Å². The molecule has 0 bridgehead atoms. The molecule has 0 aliphatic rings. The Labute approximate surface area is 404 Å². The van der Waals surface area contributed by atoms with Crippen LogP contribution in [0.3, 0.4) is 0 Å². The van der Waals surface area contributed by atoms with Gasteiger partial charge in [0.15, 0.2) is 0 Å². The zero-order valence-corrected chi connectivity index (χ0v) is 40.7. The van der Waals surface area contributed by atoms with Gasteiger partial charge in [0.2, 0.25) is 53.2 Å². The Balaban J connectivity index is 3.44. The molecule has 0 saturated carbocycles. The normalized spacial score (nSPS) is 15.0. The van der Waals surface area contributed by atoms with E-state index in [1.54, 1.807) is 34.0 Å². The number of hydrogen-bond acceptors (Lipinski definition) is 15. The molecule has 17 N–H and O–H groups in total. The van der Waals surface area contributed by atoms with Gasteiger partial charge in [0.1, 0.15) is 42.3 Å².